The SMILES string of the molecule is COC1CN(c2ccc(N3C(=O)OC[C@@H]3CNC(C)=O)cc2F)C1. The van der Waals surface area contributed by atoms with Crippen molar-refractivity contribution in [3.63, 3.8) is 0 Å². The smallest absolute Gasteiger partial charge is 0.414 e. The summed E-state index contributed by atoms with van der Waals surface area (Å²) in [5.74, 6) is -0.596. The molecule has 0 bridgehead atoms. The van der Waals surface area contributed by atoms with E-state index in [1.54, 1.807) is 19.2 Å². The molecular formula is C16H20FN3O4. The molecule has 130 valence electrons. The van der Waals surface area contributed by atoms with E-state index in [0.29, 0.717) is 24.5 Å². The van der Waals surface area contributed by atoms with E-state index in [1.165, 1.54) is 17.9 Å². The molecule has 2 heterocycles. The number of nitrogens with zero attached hydrogens (tertiary/aromatic N) is 2. The Labute approximate surface area is 139 Å². The van der Waals surface area contributed by atoms with E-state index in [2.05, 4.69) is 5.32 Å². The number of halogens is 1. The van der Waals surface area contributed by atoms with Crippen LogP contribution in [0, 0.1) is 5.82 Å². The van der Waals surface area contributed by atoms with Gasteiger partial charge in [0.1, 0.15) is 12.4 Å². The van der Waals surface area contributed by atoms with Gasteiger partial charge in [0, 0.05) is 33.7 Å². The van der Waals surface area contributed by atoms with E-state index in [4.69, 9.17) is 9.47 Å². The Morgan fingerprint density at radius 3 is 2.83 bits per heavy atom. The van der Waals surface area contributed by atoms with E-state index in [0.717, 1.165) is 0 Å². The Morgan fingerprint density at radius 1 is 1.46 bits per heavy atom. The second-order valence-electron chi connectivity index (χ2n) is 5.94. The summed E-state index contributed by atoms with van der Waals surface area (Å²) in [4.78, 5) is 26.3. The van der Waals surface area contributed by atoms with E-state index in [1.807, 2.05) is 4.90 Å². The van der Waals surface area contributed by atoms with E-state index < -0.39 is 11.9 Å². The van der Waals surface area contributed by atoms with E-state index in [-0.39, 0.29) is 31.2 Å². The summed E-state index contributed by atoms with van der Waals surface area (Å²) in [6.45, 7) is 3.10. The molecule has 0 spiro atoms. The van der Waals surface area contributed by atoms with Crippen molar-refractivity contribution >= 4 is 23.4 Å². The Morgan fingerprint density at radius 2 is 2.21 bits per heavy atom. The van der Waals surface area contributed by atoms with Crippen molar-refractivity contribution in [2.24, 2.45) is 0 Å². The average Bonchev–Trinajstić information content (AvgIpc) is 2.86. The number of ether oxygens (including phenoxy) is 2. The van der Waals surface area contributed by atoms with Gasteiger partial charge in [-0.2, -0.15) is 0 Å². The predicted octanol–water partition coefficient (Wildman–Crippen LogP) is 1.12. The molecule has 3 rings (SSSR count). The number of rotatable bonds is 5. The molecule has 0 aromatic heterocycles. The number of hydrogen-bond donors (Lipinski definition) is 1. The number of hydrogen-bond acceptors (Lipinski definition) is 5. The Bertz CT molecular complexity index is 648. The van der Waals surface area contributed by atoms with E-state index >= 15 is 0 Å². The summed E-state index contributed by atoms with van der Waals surface area (Å²) in [6, 6.07) is 4.31. The van der Waals surface area contributed by atoms with Gasteiger partial charge in [-0.1, -0.05) is 0 Å². The van der Waals surface area contributed by atoms with Crippen molar-refractivity contribution in [2.75, 3.05) is 43.2 Å². The molecular weight excluding hydrogens is 317 g/mol. The molecule has 0 saturated carbocycles. The molecule has 0 radical (unpaired) electrons. The third-order valence-electron chi connectivity index (χ3n) is 4.28. The van der Waals surface area contributed by atoms with Gasteiger partial charge in [0.15, 0.2) is 0 Å². The van der Waals surface area contributed by atoms with Crippen molar-refractivity contribution in [1.82, 2.24) is 5.32 Å². The summed E-state index contributed by atoms with van der Waals surface area (Å²) in [6.07, 6.45) is -0.416. The quantitative estimate of drug-likeness (QED) is 0.872. The fourth-order valence-electron chi connectivity index (χ4n) is 2.87. The maximum atomic E-state index is 14.4. The van der Waals surface area contributed by atoms with E-state index in [9.17, 15) is 14.0 Å². The molecule has 1 aromatic rings. The molecule has 7 nitrogen and oxygen atoms in total. The molecule has 1 atom stereocenters. The standard InChI is InChI=1S/C16H20FN3O4/c1-10(21)18-6-12-9-24-16(22)20(12)11-3-4-15(14(17)5-11)19-7-13(8-19)23-2/h3-5,12-13H,6-9H2,1-2H3,(H,18,21)/t12-/m0/s1. The first kappa shape index (κ1) is 16.5. The number of nitrogens with one attached hydrogen (secondary N) is 1. The second kappa shape index (κ2) is 6.64. The zero-order chi connectivity index (χ0) is 17.3. The number of methoxy groups -OCH3 is 1. The van der Waals surface area contributed by atoms with Crippen molar-refractivity contribution in [3.05, 3.63) is 24.0 Å². The predicted molar refractivity (Wildman–Crippen MR) is 85.7 cm³/mol. The van der Waals surface area contributed by atoms with Gasteiger partial charge >= 0.3 is 6.09 Å². The van der Waals surface area contributed by atoms with Crippen LogP contribution in [0.1, 0.15) is 6.92 Å². The van der Waals surface area contributed by atoms with Gasteiger partial charge < -0.3 is 19.7 Å². The summed E-state index contributed by atoms with van der Waals surface area (Å²) in [5.41, 5.74) is 0.899. The van der Waals surface area contributed by atoms with Crippen molar-refractivity contribution in [3.8, 4) is 0 Å². The lowest BCUT2D eigenvalue weighted by Gasteiger charge is -2.40. The lowest BCUT2D eigenvalue weighted by molar-refractivity contribution is -0.119. The van der Waals surface area contributed by atoms with Crippen LogP contribution in [0.5, 0.6) is 0 Å². The second-order valence-corrected chi connectivity index (χ2v) is 5.94. The van der Waals surface area contributed by atoms with Crippen LogP contribution in [0.3, 0.4) is 0 Å². The number of anilines is 2. The molecule has 24 heavy (non-hydrogen) atoms. The highest BCUT2D eigenvalue weighted by Crippen LogP contribution is 2.31. The largest absolute Gasteiger partial charge is 0.447 e. The summed E-state index contributed by atoms with van der Waals surface area (Å²) >= 11 is 0. The summed E-state index contributed by atoms with van der Waals surface area (Å²) < 4.78 is 24.7. The van der Waals surface area contributed by atoms with Gasteiger partial charge in [-0.3, -0.25) is 9.69 Å². The monoisotopic (exact) mass is 337 g/mol. The summed E-state index contributed by atoms with van der Waals surface area (Å²) in [5, 5.41) is 2.65. The van der Waals surface area contributed by atoms with Crippen LogP contribution in [0.4, 0.5) is 20.6 Å². The van der Waals surface area contributed by atoms with Crippen LogP contribution >= 0.6 is 0 Å². The van der Waals surface area contributed by atoms with Crippen LogP contribution in [0.15, 0.2) is 18.2 Å². The van der Waals surface area contributed by atoms with Gasteiger partial charge in [0.25, 0.3) is 0 Å². The van der Waals surface area contributed by atoms with Gasteiger partial charge in [0.2, 0.25) is 5.91 Å². The minimum absolute atomic E-state index is 0.125. The average molecular weight is 337 g/mol. The molecule has 0 unspecified atom stereocenters. The molecule has 2 aliphatic rings. The first-order valence-electron chi connectivity index (χ1n) is 7.77. The highest BCUT2D eigenvalue weighted by molar-refractivity contribution is 5.90. The zero-order valence-electron chi connectivity index (χ0n) is 13.6. The molecule has 1 aromatic carbocycles. The Kier molecular flexibility index (Phi) is 4.57. The fourth-order valence-corrected chi connectivity index (χ4v) is 2.87. The molecule has 2 amide bonds. The number of cyclic esters (lactones) is 1. The molecule has 2 fully saturated rings. The van der Waals surface area contributed by atoms with Gasteiger partial charge in [-0.05, 0) is 18.2 Å². The Hall–Kier alpha value is -2.35. The molecule has 2 aliphatic heterocycles. The highest BCUT2D eigenvalue weighted by Gasteiger charge is 2.35. The molecule has 8 heteroatoms. The lowest BCUT2D eigenvalue weighted by Crippen LogP contribution is -2.52. The van der Waals surface area contributed by atoms with Gasteiger partial charge in [-0.25, -0.2) is 9.18 Å². The maximum Gasteiger partial charge on any atom is 0.414 e. The third-order valence-corrected chi connectivity index (χ3v) is 4.28. The number of carbonyl (C=O) groups is 2. The first-order chi connectivity index (χ1) is 11.5. The molecule has 0 aliphatic carbocycles. The number of benzene rings is 1. The Balaban J connectivity index is 1.74. The first-order valence-corrected chi connectivity index (χ1v) is 7.77. The maximum absolute atomic E-state index is 14.4. The van der Waals surface area contributed by atoms with Crippen LogP contribution in [-0.4, -0.2) is 57.5 Å². The lowest BCUT2D eigenvalue weighted by atomic mass is 10.1. The third kappa shape index (κ3) is 3.14. The van der Waals surface area contributed by atoms with Gasteiger partial charge in [0.05, 0.1) is 23.5 Å². The summed E-state index contributed by atoms with van der Waals surface area (Å²) in [7, 11) is 1.63. The molecule has 2 saturated heterocycles. The number of carbonyl (C=O) groups excluding carboxylic acids is 2. The van der Waals surface area contributed by atoms with Crippen molar-refractivity contribution < 1.29 is 23.5 Å². The minimum Gasteiger partial charge on any atom is -0.447 e. The van der Waals surface area contributed by atoms with Crippen molar-refractivity contribution in [1.29, 1.82) is 0 Å². The highest BCUT2D eigenvalue weighted by atomic mass is 19.1. The van der Waals surface area contributed by atoms with Crippen LogP contribution in [0.2, 0.25) is 0 Å². The van der Waals surface area contributed by atoms with Crippen LogP contribution in [-0.2, 0) is 14.3 Å². The van der Waals surface area contributed by atoms with Crippen LogP contribution < -0.4 is 15.1 Å². The normalized spacial score (nSPS) is 20.8. The zero-order valence-corrected chi connectivity index (χ0v) is 13.6. The van der Waals surface area contributed by atoms with Crippen LogP contribution in [0.25, 0.3) is 0 Å². The van der Waals surface area contributed by atoms with Crippen molar-refractivity contribution in [2.45, 2.75) is 19.1 Å². The topological polar surface area (TPSA) is 71.1 Å². The molecule has 1 N–H and O–H groups in total. The number of amides is 2. The van der Waals surface area contributed by atoms with Gasteiger partial charge in [-0.15, -0.1) is 0 Å². The fraction of sp³-hybridized carbons (Fsp3) is 0.500. The minimum atomic E-state index is -0.541.